The van der Waals surface area contributed by atoms with Crippen LogP contribution < -0.4 is 0 Å². The summed E-state index contributed by atoms with van der Waals surface area (Å²) in [4.78, 5) is 9.68. The lowest BCUT2D eigenvalue weighted by atomic mass is 10.1. The predicted molar refractivity (Wildman–Crippen MR) is 135 cm³/mol. The Hall–Kier alpha value is -3.43. The molecule has 3 heterocycles. The molecular formula is C25H23N5O2S2. The Morgan fingerprint density at radius 1 is 0.971 bits per heavy atom. The van der Waals surface area contributed by atoms with Crippen LogP contribution in [0.2, 0.25) is 0 Å². The van der Waals surface area contributed by atoms with Gasteiger partial charge in [0.05, 0.1) is 27.5 Å². The van der Waals surface area contributed by atoms with Gasteiger partial charge in [-0.25, -0.2) is 22.4 Å². The third kappa shape index (κ3) is 3.80. The van der Waals surface area contributed by atoms with E-state index in [9.17, 15) is 8.42 Å². The van der Waals surface area contributed by atoms with Crippen molar-refractivity contribution in [1.29, 1.82) is 0 Å². The molecule has 0 bridgehead atoms. The molecule has 0 atom stereocenters. The van der Waals surface area contributed by atoms with E-state index in [0.29, 0.717) is 10.7 Å². The van der Waals surface area contributed by atoms with Crippen molar-refractivity contribution in [2.75, 3.05) is 6.26 Å². The van der Waals surface area contributed by atoms with Crippen LogP contribution in [-0.2, 0) is 16.6 Å². The van der Waals surface area contributed by atoms with Crippen LogP contribution in [0.3, 0.4) is 0 Å². The first-order chi connectivity index (χ1) is 16.4. The first-order valence-electron chi connectivity index (χ1n) is 10.8. The lowest BCUT2D eigenvalue weighted by Crippen LogP contribution is -2.11. The minimum Gasteiger partial charge on any atom is -0.264 e. The Morgan fingerprint density at radius 2 is 1.74 bits per heavy atom. The third-order valence-electron chi connectivity index (χ3n) is 5.72. The Bertz CT molecular complexity index is 1600. The van der Waals surface area contributed by atoms with Crippen molar-refractivity contribution in [3.05, 3.63) is 78.6 Å². The number of rotatable bonds is 6. The van der Waals surface area contributed by atoms with Crippen molar-refractivity contribution >= 4 is 32.7 Å². The second-order valence-electron chi connectivity index (χ2n) is 7.83. The smallest absolute Gasteiger partial charge is 0.264 e. The highest BCUT2D eigenvalue weighted by molar-refractivity contribution is 7.98. The van der Waals surface area contributed by atoms with Crippen LogP contribution in [0.25, 0.3) is 33.5 Å². The first-order valence-corrected chi connectivity index (χ1v) is 13.5. The zero-order valence-corrected chi connectivity index (χ0v) is 20.6. The fourth-order valence-electron chi connectivity index (χ4n) is 3.99. The van der Waals surface area contributed by atoms with Crippen LogP contribution in [0.15, 0.2) is 83.1 Å². The summed E-state index contributed by atoms with van der Waals surface area (Å²) in [5, 5.41) is 5.81. The molecule has 0 aliphatic heterocycles. The molecule has 34 heavy (non-hydrogen) atoms. The fraction of sp³-hybridized carbons (Fsp3) is 0.160. The molecule has 5 aromatic rings. The summed E-state index contributed by atoms with van der Waals surface area (Å²) in [5.74, 6) is 0. The fourth-order valence-corrected chi connectivity index (χ4v) is 5.71. The predicted octanol–water partition coefficient (Wildman–Crippen LogP) is 5.25. The quantitative estimate of drug-likeness (QED) is 0.239. The van der Waals surface area contributed by atoms with Crippen LogP contribution in [0.1, 0.15) is 12.5 Å². The van der Waals surface area contributed by atoms with Crippen molar-refractivity contribution in [3.63, 3.8) is 0 Å². The Morgan fingerprint density at radius 3 is 2.47 bits per heavy atom. The number of hydrogen-bond donors (Lipinski definition) is 0. The van der Waals surface area contributed by atoms with E-state index in [2.05, 4.69) is 10.1 Å². The second kappa shape index (κ2) is 8.73. The summed E-state index contributed by atoms with van der Waals surface area (Å²) in [6, 6.07) is 18.2. The number of hydrogen-bond acceptors (Lipinski definition) is 6. The van der Waals surface area contributed by atoms with Gasteiger partial charge in [-0.15, -0.1) is 0 Å². The van der Waals surface area contributed by atoms with E-state index in [1.165, 1.54) is 15.7 Å². The second-order valence-corrected chi connectivity index (χ2v) is 10.4. The molecule has 0 aliphatic carbocycles. The van der Waals surface area contributed by atoms with E-state index >= 15 is 0 Å². The van der Waals surface area contributed by atoms with Crippen LogP contribution in [0, 0.1) is 6.92 Å². The molecule has 0 saturated heterocycles. The Labute approximate surface area is 202 Å². The highest BCUT2D eigenvalue weighted by Gasteiger charge is 2.21. The number of thioether (sulfide) groups is 1. The molecular weight excluding hydrogens is 466 g/mol. The zero-order chi connectivity index (χ0) is 23.9. The van der Waals surface area contributed by atoms with Gasteiger partial charge >= 0.3 is 0 Å². The molecule has 3 aromatic heterocycles. The Balaban J connectivity index is 1.67. The standard InChI is InChI=1S/C25H23N5O2S2/c1-4-29-24(12-14-26-29)22-16-21(27-25(28-22)33-3)19-6-5-7-23-20(19)13-15-30(23)34(31,32)18-10-8-17(2)9-11-18/h5-16H,4H2,1-3H3. The van der Waals surface area contributed by atoms with Gasteiger partial charge in [0.1, 0.15) is 0 Å². The molecule has 0 aliphatic rings. The van der Waals surface area contributed by atoms with E-state index in [1.807, 2.05) is 61.2 Å². The largest absolute Gasteiger partial charge is 0.268 e. The molecule has 172 valence electrons. The van der Waals surface area contributed by atoms with Crippen molar-refractivity contribution in [1.82, 2.24) is 23.7 Å². The molecule has 0 N–H and O–H groups in total. The van der Waals surface area contributed by atoms with E-state index in [4.69, 9.17) is 4.98 Å². The highest BCUT2D eigenvalue weighted by atomic mass is 32.2. The van der Waals surface area contributed by atoms with Crippen LogP contribution in [0.5, 0.6) is 0 Å². The van der Waals surface area contributed by atoms with Gasteiger partial charge < -0.3 is 0 Å². The van der Waals surface area contributed by atoms with E-state index in [-0.39, 0.29) is 4.90 Å². The SMILES string of the molecule is CCn1nccc1-c1cc(-c2cccc3c2ccn3S(=O)(=O)c2ccc(C)cc2)nc(SC)n1. The first kappa shape index (κ1) is 22.4. The molecule has 9 heteroatoms. The maximum absolute atomic E-state index is 13.4. The maximum Gasteiger partial charge on any atom is 0.268 e. The summed E-state index contributed by atoms with van der Waals surface area (Å²) in [6.45, 7) is 4.69. The Kier molecular flexibility index (Phi) is 5.75. The van der Waals surface area contributed by atoms with Gasteiger partial charge in [0.15, 0.2) is 5.16 Å². The van der Waals surface area contributed by atoms with E-state index < -0.39 is 10.0 Å². The number of aryl methyl sites for hydroxylation is 2. The van der Waals surface area contributed by atoms with Crippen LogP contribution in [0.4, 0.5) is 0 Å². The van der Waals surface area contributed by atoms with Gasteiger partial charge in [0.25, 0.3) is 10.0 Å². The molecule has 5 rings (SSSR count). The molecule has 0 unspecified atom stereocenters. The molecule has 2 aromatic carbocycles. The molecule has 0 fully saturated rings. The van der Waals surface area contributed by atoms with Gasteiger partial charge in [0.2, 0.25) is 0 Å². The summed E-state index contributed by atoms with van der Waals surface area (Å²) in [5.41, 5.74) is 4.87. The average molecular weight is 490 g/mol. The van der Waals surface area contributed by atoms with Gasteiger partial charge in [0, 0.05) is 29.9 Å². The summed E-state index contributed by atoms with van der Waals surface area (Å²) in [6.07, 6.45) is 5.30. The highest BCUT2D eigenvalue weighted by Crippen LogP contribution is 2.33. The minimum atomic E-state index is -3.74. The number of fused-ring (bicyclic) bond motifs is 1. The summed E-state index contributed by atoms with van der Waals surface area (Å²) < 4.78 is 30.0. The molecule has 0 saturated carbocycles. The van der Waals surface area contributed by atoms with Gasteiger partial charge in [-0.3, -0.25) is 4.68 Å². The topological polar surface area (TPSA) is 82.7 Å². The lowest BCUT2D eigenvalue weighted by Gasteiger charge is -2.11. The zero-order valence-electron chi connectivity index (χ0n) is 19.0. The minimum absolute atomic E-state index is 0.253. The van der Waals surface area contributed by atoms with Crippen LogP contribution >= 0.6 is 11.8 Å². The van der Waals surface area contributed by atoms with E-state index in [0.717, 1.165) is 40.1 Å². The lowest BCUT2D eigenvalue weighted by molar-refractivity contribution is 0.589. The monoisotopic (exact) mass is 489 g/mol. The van der Waals surface area contributed by atoms with Crippen molar-refractivity contribution in [3.8, 4) is 22.6 Å². The summed E-state index contributed by atoms with van der Waals surface area (Å²) in [7, 11) is -3.74. The average Bonchev–Trinajstić information content (AvgIpc) is 3.51. The van der Waals surface area contributed by atoms with Gasteiger partial charge in [-0.1, -0.05) is 41.6 Å². The van der Waals surface area contributed by atoms with Gasteiger partial charge in [-0.05, 0) is 56.5 Å². The molecule has 7 nitrogen and oxygen atoms in total. The van der Waals surface area contributed by atoms with Crippen molar-refractivity contribution < 1.29 is 8.42 Å². The summed E-state index contributed by atoms with van der Waals surface area (Å²) >= 11 is 1.46. The number of benzene rings is 2. The van der Waals surface area contributed by atoms with Gasteiger partial charge in [-0.2, -0.15) is 5.10 Å². The van der Waals surface area contributed by atoms with E-state index in [1.54, 1.807) is 36.7 Å². The molecule has 0 amide bonds. The van der Waals surface area contributed by atoms with Crippen LogP contribution in [-0.4, -0.2) is 38.4 Å². The molecule has 0 spiro atoms. The number of aromatic nitrogens is 5. The maximum atomic E-state index is 13.4. The number of nitrogens with zero attached hydrogens (tertiary/aromatic N) is 5. The van der Waals surface area contributed by atoms with Crippen molar-refractivity contribution in [2.45, 2.75) is 30.4 Å². The molecule has 0 radical (unpaired) electrons. The third-order valence-corrected chi connectivity index (χ3v) is 7.97. The normalized spacial score (nSPS) is 11.9. The van der Waals surface area contributed by atoms with Crippen molar-refractivity contribution in [2.24, 2.45) is 0 Å².